The van der Waals surface area contributed by atoms with Crippen LogP contribution in [0.2, 0.25) is 19.6 Å². The topological polar surface area (TPSA) is 0 Å². The highest BCUT2D eigenvalue weighted by molar-refractivity contribution is 8.87. The predicted octanol–water partition coefficient (Wildman–Crippen LogP) is 4.26. The third-order valence-electron chi connectivity index (χ3n) is 1.13. The lowest BCUT2D eigenvalue weighted by molar-refractivity contribution is 1.48. The van der Waals surface area contributed by atoms with Crippen molar-refractivity contribution in [3.8, 4) is 0 Å². The van der Waals surface area contributed by atoms with Crippen molar-refractivity contribution in [3.05, 3.63) is 30.3 Å². The number of rotatable bonds is 3. The van der Waals surface area contributed by atoms with Gasteiger partial charge in [0.2, 0.25) is 0 Å². The Bertz CT molecular complexity index is 228. The van der Waals surface area contributed by atoms with Gasteiger partial charge in [0, 0.05) is 4.90 Å². The van der Waals surface area contributed by atoms with E-state index in [4.69, 9.17) is 0 Å². The van der Waals surface area contributed by atoms with Crippen molar-refractivity contribution in [2.45, 2.75) is 24.5 Å². The summed E-state index contributed by atoms with van der Waals surface area (Å²) in [7, 11) is 2.99. The van der Waals surface area contributed by atoms with Gasteiger partial charge in [-0.25, -0.2) is 0 Å². The molecule has 0 aliphatic carbocycles. The van der Waals surface area contributed by atoms with Crippen LogP contribution >= 0.6 is 21.0 Å². The smallest absolute Gasteiger partial charge is 0.117 e. The first-order chi connectivity index (χ1) is 5.58. The van der Waals surface area contributed by atoms with Crippen LogP contribution in [0.4, 0.5) is 0 Å². The molecule has 0 radical (unpaired) electrons. The van der Waals surface area contributed by atoms with Crippen molar-refractivity contribution in [2.24, 2.45) is 0 Å². The zero-order chi connectivity index (χ0) is 9.03. The van der Waals surface area contributed by atoms with Gasteiger partial charge in [0.1, 0.15) is 7.22 Å². The van der Waals surface area contributed by atoms with E-state index >= 15 is 0 Å². The first-order valence-corrected chi connectivity index (χ1v) is 10.4. The number of benzene rings is 1. The van der Waals surface area contributed by atoms with Crippen molar-refractivity contribution >= 4 is 28.3 Å². The average Bonchev–Trinajstić information content (AvgIpc) is 2.02. The van der Waals surface area contributed by atoms with Gasteiger partial charge in [0.15, 0.2) is 0 Å². The molecule has 0 aliphatic rings. The Morgan fingerprint density at radius 1 is 1.00 bits per heavy atom. The van der Waals surface area contributed by atoms with Crippen molar-refractivity contribution < 1.29 is 0 Å². The minimum absolute atomic E-state index is 0.960. The summed E-state index contributed by atoms with van der Waals surface area (Å²) in [6.07, 6.45) is 0. The Labute approximate surface area is 83.2 Å². The molecule has 0 aromatic heterocycles. The fourth-order valence-corrected chi connectivity index (χ4v) is 5.75. The van der Waals surface area contributed by atoms with Gasteiger partial charge < -0.3 is 0 Å². The van der Waals surface area contributed by atoms with Gasteiger partial charge in [0.05, 0.1) is 0 Å². The molecule has 0 aliphatic heterocycles. The van der Waals surface area contributed by atoms with Crippen molar-refractivity contribution in [2.75, 3.05) is 0 Å². The maximum absolute atomic E-state index is 2.37. The Morgan fingerprint density at radius 2 is 1.58 bits per heavy atom. The Morgan fingerprint density at radius 3 is 2.08 bits per heavy atom. The van der Waals surface area contributed by atoms with Crippen LogP contribution in [0, 0.1) is 0 Å². The summed E-state index contributed by atoms with van der Waals surface area (Å²) in [5.41, 5.74) is 0. The number of hydrogen-bond donors (Lipinski definition) is 0. The Balaban J connectivity index is 2.44. The zero-order valence-electron chi connectivity index (χ0n) is 7.70. The van der Waals surface area contributed by atoms with Crippen LogP contribution in [0.25, 0.3) is 0 Å². The average molecular weight is 214 g/mol. The van der Waals surface area contributed by atoms with Crippen LogP contribution in [0.5, 0.6) is 0 Å². The van der Waals surface area contributed by atoms with E-state index in [-0.39, 0.29) is 0 Å². The van der Waals surface area contributed by atoms with E-state index < -0.39 is 7.22 Å². The Kier molecular flexibility index (Phi) is 3.74. The lowest BCUT2D eigenvalue weighted by Gasteiger charge is -2.13. The van der Waals surface area contributed by atoms with Crippen molar-refractivity contribution in [1.82, 2.24) is 0 Å². The molecule has 0 atom stereocenters. The van der Waals surface area contributed by atoms with Gasteiger partial charge >= 0.3 is 0 Å². The van der Waals surface area contributed by atoms with E-state index in [0.717, 1.165) is 0 Å². The summed E-state index contributed by atoms with van der Waals surface area (Å²) in [6, 6.07) is 10.6. The molecule has 0 N–H and O–H groups in total. The lowest BCUT2D eigenvalue weighted by Crippen LogP contribution is -2.11. The fraction of sp³-hybridized carbons (Fsp3) is 0.333. The molecule has 0 unspecified atom stereocenters. The van der Waals surface area contributed by atoms with E-state index in [1.807, 2.05) is 21.0 Å². The van der Waals surface area contributed by atoms with Crippen molar-refractivity contribution in [3.63, 3.8) is 0 Å². The molecule has 1 aromatic rings. The predicted molar refractivity (Wildman–Crippen MR) is 63.2 cm³/mol. The maximum Gasteiger partial charge on any atom is 0.122 e. The summed E-state index contributed by atoms with van der Waals surface area (Å²) in [6.45, 7) is 7.11. The minimum Gasteiger partial charge on any atom is -0.117 e. The second kappa shape index (κ2) is 4.39. The van der Waals surface area contributed by atoms with E-state index in [1.54, 1.807) is 0 Å². The largest absolute Gasteiger partial charge is 0.122 e. The summed E-state index contributed by atoms with van der Waals surface area (Å²) in [5.74, 6) is 0. The third kappa shape index (κ3) is 4.23. The highest BCUT2D eigenvalue weighted by atomic mass is 33.2. The van der Waals surface area contributed by atoms with Crippen LogP contribution in [0.15, 0.2) is 35.2 Å². The van der Waals surface area contributed by atoms with Crippen LogP contribution < -0.4 is 0 Å². The molecule has 0 bridgehead atoms. The first-order valence-electron chi connectivity index (χ1n) is 3.99. The van der Waals surface area contributed by atoms with E-state index in [2.05, 4.69) is 50.0 Å². The van der Waals surface area contributed by atoms with Crippen LogP contribution in [-0.4, -0.2) is 7.22 Å². The molecule has 12 heavy (non-hydrogen) atoms. The molecule has 0 amide bonds. The lowest BCUT2D eigenvalue weighted by atomic mass is 10.4. The minimum atomic E-state index is -0.960. The normalized spacial score (nSPS) is 11.6. The van der Waals surface area contributed by atoms with Gasteiger partial charge in [-0.3, -0.25) is 0 Å². The highest BCUT2D eigenvalue weighted by Crippen LogP contribution is 2.37. The molecular formula is C9H14S2Si. The van der Waals surface area contributed by atoms with E-state index in [1.165, 1.54) is 4.90 Å². The summed E-state index contributed by atoms with van der Waals surface area (Å²) in [5, 5.41) is 0. The molecule has 1 aromatic carbocycles. The zero-order valence-corrected chi connectivity index (χ0v) is 10.3. The van der Waals surface area contributed by atoms with Crippen molar-refractivity contribution in [1.29, 1.82) is 0 Å². The van der Waals surface area contributed by atoms with Gasteiger partial charge in [-0.2, -0.15) is 0 Å². The van der Waals surface area contributed by atoms with Crippen LogP contribution in [0.1, 0.15) is 0 Å². The number of hydrogen-bond acceptors (Lipinski definition) is 2. The molecule has 0 spiro atoms. The Hall–Kier alpha value is 0.137. The molecular weight excluding hydrogens is 200 g/mol. The second-order valence-corrected chi connectivity index (χ2v) is 14.8. The molecule has 0 heterocycles. The first kappa shape index (κ1) is 10.2. The van der Waals surface area contributed by atoms with Gasteiger partial charge in [-0.1, -0.05) is 48.6 Å². The molecule has 0 saturated heterocycles. The monoisotopic (exact) mass is 214 g/mol. The second-order valence-electron chi connectivity index (χ2n) is 3.59. The molecule has 66 valence electrons. The van der Waals surface area contributed by atoms with Gasteiger partial charge in [-0.05, 0) is 12.1 Å². The maximum atomic E-state index is 2.37. The van der Waals surface area contributed by atoms with Crippen LogP contribution in [0.3, 0.4) is 0 Å². The summed E-state index contributed by atoms with van der Waals surface area (Å²) >= 11 is 0. The van der Waals surface area contributed by atoms with E-state index in [9.17, 15) is 0 Å². The van der Waals surface area contributed by atoms with Gasteiger partial charge in [-0.15, -0.1) is 10.2 Å². The van der Waals surface area contributed by atoms with Gasteiger partial charge in [0.25, 0.3) is 0 Å². The standard InChI is InChI=1S/C9H14S2Si/c1-12(2,3)11-10-9-7-5-4-6-8-9/h4-8H,1-3H3. The summed E-state index contributed by atoms with van der Waals surface area (Å²) in [4.78, 5) is 1.37. The van der Waals surface area contributed by atoms with E-state index in [0.29, 0.717) is 0 Å². The SMILES string of the molecule is C[Si](C)(C)SSc1ccccc1. The molecule has 0 saturated carbocycles. The van der Waals surface area contributed by atoms with Crippen LogP contribution in [-0.2, 0) is 0 Å². The highest BCUT2D eigenvalue weighted by Gasteiger charge is 2.14. The third-order valence-corrected chi connectivity index (χ3v) is 9.76. The summed E-state index contributed by atoms with van der Waals surface area (Å²) < 4.78 is 0. The quantitative estimate of drug-likeness (QED) is 0.544. The fourth-order valence-electron chi connectivity index (χ4n) is 0.649. The molecule has 1 rings (SSSR count). The molecule has 0 nitrogen and oxygen atoms in total. The molecule has 3 heteroatoms. The molecule has 0 fully saturated rings.